The third-order valence-electron chi connectivity index (χ3n) is 4.51. The Labute approximate surface area is 155 Å². The highest BCUT2D eigenvalue weighted by Crippen LogP contribution is 2.31. The molecule has 1 fully saturated rings. The van der Waals surface area contributed by atoms with Gasteiger partial charge >= 0.3 is 0 Å². The van der Waals surface area contributed by atoms with Crippen LogP contribution in [0.25, 0.3) is 0 Å². The maximum Gasteiger partial charge on any atom is 0.293 e. The number of nitro groups is 1. The van der Waals surface area contributed by atoms with Crippen molar-refractivity contribution in [2.75, 3.05) is 45.6 Å². The first-order valence-corrected chi connectivity index (χ1v) is 10.2. The van der Waals surface area contributed by atoms with E-state index in [0.29, 0.717) is 31.9 Å². The van der Waals surface area contributed by atoms with Crippen molar-refractivity contribution in [3.8, 4) is 0 Å². The molecule has 2 rings (SSSR count). The van der Waals surface area contributed by atoms with Gasteiger partial charge in [0.1, 0.15) is 5.69 Å². The van der Waals surface area contributed by atoms with E-state index in [0.717, 1.165) is 12.5 Å². The molecule has 146 valence electrons. The van der Waals surface area contributed by atoms with Crippen molar-refractivity contribution in [3.63, 3.8) is 0 Å². The molecule has 1 aromatic carbocycles. The summed E-state index contributed by atoms with van der Waals surface area (Å²) in [5, 5.41) is 14.4. The van der Waals surface area contributed by atoms with Crippen molar-refractivity contribution in [1.82, 2.24) is 9.21 Å². The number of nitrogens with one attached hydrogen (secondary N) is 1. The van der Waals surface area contributed by atoms with Crippen LogP contribution in [0.2, 0.25) is 0 Å². The fourth-order valence-electron chi connectivity index (χ4n) is 3.34. The predicted molar refractivity (Wildman–Crippen MR) is 102 cm³/mol. The summed E-state index contributed by atoms with van der Waals surface area (Å²) in [5.41, 5.74) is 0.110. The number of rotatable bonds is 7. The van der Waals surface area contributed by atoms with Crippen LogP contribution >= 0.6 is 0 Å². The van der Waals surface area contributed by atoms with Crippen LogP contribution in [0.1, 0.15) is 20.3 Å². The van der Waals surface area contributed by atoms with Gasteiger partial charge in [0, 0.05) is 32.2 Å². The van der Waals surface area contributed by atoms with Crippen molar-refractivity contribution in [2.24, 2.45) is 11.8 Å². The van der Waals surface area contributed by atoms with Crippen molar-refractivity contribution in [2.45, 2.75) is 25.2 Å². The van der Waals surface area contributed by atoms with Gasteiger partial charge in [-0.15, -0.1) is 0 Å². The first-order chi connectivity index (χ1) is 12.1. The first kappa shape index (κ1) is 20.6. The van der Waals surface area contributed by atoms with Crippen LogP contribution in [-0.4, -0.2) is 62.8 Å². The van der Waals surface area contributed by atoms with Gasteiger partial charge in [0.2, 0.25) is 10.0 Å². The third kappa shape index (κ3) is 4.93. The zero-order valence-electron chi connectivity index (χ0n) is 15.8. The van der Waals surface area contributed by atoms with Gasteiger partial charge in [0.15, 0.2) is 0 Å². The second-order valence-corrected chi connectivity index (χ2v) is 9.37. The van der Waals surface area contributed by atoms with Crippen LogP contribution in [0, 0.1) is 22.0 Å². The lowest BCUT2D eigenvalue weighted by Crippen LogP contribution is -2.42. The van der Waals surface area contributed by atoms with Crippen molar-refractivity contribution < 1.29 is 13.3 Å². The number of anilines is 1. The van der Waals surface area contributed by atoms with E-state index in [9.17, 15) is 18.5 Å². The number of likely N-dealkylation sites (N-methyl/N-ethyl adjacent to an activating group) is 1. The van der Waals surface area contributed by atoms with Crippen LogP contribution in [0.4, 0.5) is 11.4 Å². The maximum atomic E-state index is 12.9. The van der Waals surface area contributed by atoms with Crippen LogP contribution in [0.3, 0.4) is 0 Å². The number of piperidine rings is 1. The van der Waals surface area contributed by atoms with Crippen LogP contribution in [-0.2, 0) is 10.0 Å². The predicted octanol–water partition coefficient (Wildman–Crippen LogP) is 2.23. The lowest BCUT2D eigenvalue weighted by molar-refractivity contribution is -0.384. The Kier molecular flexibility index (Phi) is 6.59. The summed E-state index contributed by atoms with van der Waals surface area (Å²) < 4.78 is 27.3. The summed E-state index contributed by atoms with van der Waals surface area (Å²) >= 11 is 0. The molecule has 8 nitrogen and oxygen atoms in total. The summed E-state index contributed by atoms with van der Waals surface area (Å²) in [6.07, 6.45) is 0.987. The van der Waals surface area contributed by atoms with Crippen molar-refractivity contribution >= 4 is 21.4 Å². The van der Waals surface area contributed by atoms with E-state index >= 15 is 0 Å². The van der Waals surface area contributed by atoms with Gasteiger partial charge in [-0.1, -0.05) is 13.8 Å². The molecule has 2 atom stereocenters. The molecule has 0 aliphatic carbocycles. The molecule has 9 heteroatoms. The largest absolute Gasteiger partial charge is 0.378 e. The minimum atomic E-state index is -3.74. The van der Waals surface area contributed by atoms with Gasteiger partial charge in [-0.05, 0) is 44.5 Å². The molecule has 1 aromatic rings. The SMILES string of the molecule is C[C@@H]1C[C@@H](C)CN(S(=O)(=O)c2ccc(NCCN(C)C)c([N+](=O)[O-])c2)C1. The Balaban J connectivity index is 2.28. The van der Waals surface area contributed by atoms with E-state index in [1.54, 1.807) is 0 Å². The molecule has 1 aliphatic rings. The van der Waals surface area contributed by atoms with Crippen molar-refractivity contribution in [3.05, 3.63) is 28.3 Å². The monoisotopic (exact) mass is 384 g/mol. The Morgan fingerprint density at radius 2 is 1.88 bits per heavy atom. The van der Waals surface area contributed by atoms with E-state index in [1.807, 2.05) is 32.8 Å². The average molecular weight is 385 g/mol. The Hall–Kier alpha value is -1.71. The molecular weight excluding hydrogens is 356 g/mol. The summed E-state index contributed by atoms with van der Waals surface area (Å²) in [7, 11) is 0.0765. The van der Waals surface area contributed by atoms with E-state index in [-0.39, 0.29) is 22.4 Å². The molecule has 0 radical (unpaired) electrons. The molecule has 1 aliphatic heterocycles. The number of nitro benzene ring substituents is 1. The normalized spacial score (nSPS) is 21.7. The third-order valence-corrected chi connectivity index (χ3v) is 6.34. The van der Waals surface area contributed by atoms with E-state index in [1.165, 1.54) is 16.4 Å². The topological polar surface area (TPSA) is 95.8 Å². The van der Waals surface area contributed by atoms with Crippen LogP contribution in [0.15, 0.2) is 23.1 Å². The van der Waals surface area contributed by atoms with Crippen LogP contribution < -0.4 is 5.32 Å². The molecule has 0 amide bonds. The molecule has 1 N–H and O–H groups in total. The number of nitrogens with zero attached hydrogens (tertiary/aromatic N) is 3. The number of hydrogen-bond donors (Lipinski definition) is 1. The highest BCUT2D eigenvalue weighted by molar-refractivity contribution is 7.89. The molecule has 1 saturated heterocycles. The lowest BCUT2D eigenvalue weighted by Gasteiger charge is -2.34. The molecule has 0 spiro atoms. The molecule has 0 bridgehead atoms. The fraction of sp³-hybridized carbons (Fsp3) is 0.647. The zero-order valence-corrected chi connectivity index (χ0v) is 16.6. The number of benzene rings is 1. The van der Waals surface area contributed by atoms with Gasteiger partial charge in [-0.25, -0.2) is 8.42 Å². The van der Waals surface area contributed by atoms with E-state index < -0.39 is 14.9 Å². The Morgan fingerprint density at radius 3 is 2.42 bits per heavy atom. The minimum absolute atomic E-state index is 0.0244. The number of hydrogen-bond acceptors (Lipinski definition) is 6. The second kappa shape index (κ2) is 8.32. The lowest BCUT2D eigenvalue weighted by atomic mass is 9.94. The zero-order chi connectivity index (χ0) is 19.5. The standard InChI is InChI=1S/C17H28N4O4S/c1-13-9-14(2)12-20(11-13)26(24,25)15-5-6-16(17(10-15)21(22)23)18-7-8-19(3)4/h5-6,10,13-14,18H,7-9,11-12H2,1-4H3/t13-,14-/m1/s1. The highest BCUT2D eigenvalue weighted by atomic mass is 32.2. The highest BCUT2D eigenvalue weighted by Gasteiger charge is 2.33. The van der Waals surface area contributed by atoms with Gasteiger partial charge < -0.3 is 10.2 Å². The fourth-order valence-corrected chi connectivity index (χ4v) is 5.04. The molecule has 0 saturated carbocycles. The van der Waals surface area contributed by atoms with Crippen LogP contribution in [0.5, 0.6) is 0 Å². The molecule has 0 aromatic heterocycles. The summed E-state index contributed by atoms with van der Waals surface area (Å²) in [5.74, 6) is 0.547. The summed E-state index contributed by atoms with van der Waals surface area (Å²) in [6, 6.07) is 4.10. The second-order valence-electron chi connectivity index (χ2n) is 7.43. The summed E-state index contributed by atoms with van der Waals surface area (Å²) in [6.45, 7) is 6.19. The molecule has 0 unspecified atom stereocenters. The Bertz CT molecular complexity index is 741. The summed E-state index contributed by atoms with van der Waals surface area (Å²) in [4.78, 5) is 12.8. The molecule has 1 heterocycles. The van der Waals surface area contributed by atoms with Gasteiger partial charge in [0.25, 0.3) is 5.69 Å². The quantitative estimate of drug-likeness (QED) is 0.572. The van der Waals surface area contributed by atoms with Crippen molar-refractivity contribution in [1.29, 1.82) is 0 Å². The van der Waals surface area contributed by atoms with E-state index in [4.69, 9.17) is 0 Å². The van der Waals surface area contributed by atoms with Gasteiger partial charge in [0.05, 0.1) is 9.82 Å². The smallest absolute Gasteiger partial charge is 0.293 e. The molecule has 26 heavy (non-hydrogen) atoms. The minimum Gasteiger partial charge on any atom is -0.378 e. The average Bonchev–Trinajstić information content (AvgIpc) is 2.53. The molecular formula is C17H28N4O4S. The van der Waals surface area contributed by atoms with E-state index in [2.05, 4.69) is 5.32 Å². The number of sulfonamides is 1. The first-order valence-electron chi connectivity index (χ1n) is 8.78. The van der Waals surface area contributed by atoms with Gasteiger partial charge in [-0.2, -0.15) is 4.31 Å². The Morgan fingerprint density at radius 1 is 1.27 bits per heavy atom. The maximum absolute atomic E-state index is 12.9. The van der Waals surface area contributed by atoms with Gasteiger partial charge in [-0.3, -0.25) is 10.1 Å².